The van der Waals surface area contributed by atoms with E-state index in [1.807, 2.05) is 44.2 Å². The second-order valence-corrected chi connectivity index (χ2v) is 15.4. The summed E-state index contributed by atoms with van der Waals surface area (Å²) in [4.78, 5) is 0. The van der Waals surface area contributed by atoms with E-state index in [0.29, 0.717) is 19.0 Å². The number of rotatable bonds is 9. The average molecular weight is 805 g/mol. The fourth-order valence-electron chi connectivity index (χ4n) is 9.06. The van der Waals surface area contributed by atoms with Gasteiger partial charge in [0.1, 0.15) is 17.2 Å². The first-order chi connectivity index (χ1) is 28.9. The molecule has 0 fully saturated rings. The third-order valence-corrected chi connectivity index (χ3v) is 12.1. The number of phenols is 1. The number of hydrogen-bond donors (Lipinski definition) is 1. The van der Waals surface area contributed by atoms with E-state index in [1.165, 1.54) is 55.6 Å². The van der Waals surface area contributed by atoms with E-state index < -0.39 is 0 Å². The van der Waals surface area contributed by atoms with Crippen molar-refractivity contribution in [2.75, 3.05) is 13.2 Å². The van der Waals surface area contributed by atoms with Gasteiger partial charge in [0, 0.05) is 10.8 Å². The van der Waals surface area contributed by atoms with Crippen molar-refractivity contribution in [1.29, 1.82) is 0 Å². The molecule has 0 saturated heterocycles. The molecule has 0 bridgehead atoms. The first-order valence-electron chi connectivity index (χ1n) is 21.0. The Labute approximate surface area is 364 Å². The van der Waals surface area contributed by atoms with E-state index in [0.717, 1.165) is 35.1 Å². The first-order valence-corrected chi connectivity index (χ1v) is 21.0. The standard InChI is InChI=1S/C44H38O2.C10H8O.C2H6.2CH4/c1-43(39-17-7-3-13-35(39)36-14-4-8-18-40(36)43)31-21-25-33(26-22-31)45-29-11-12-30-46-34-27-23-32(24-28-34)44(2)41-19-9-5-15-37(41)38-16-6-10-20-42(38)44;11-10-6-5-8-3-1-2-4-9(8)7-10;1-2;;/h3-10,13-28H,11-12,29-30H2,1-2H3;1-7,11H;1-2H3;2*1H4. The number of hydrogen-bond acceptors (Lipinski definition) is 3. The van der Waals surface area contributed by atoms with E-state index in [9.17, 15) is 0 Å². The number of benzene rings is 8. The SMILES string of the molecule is C.C.CC.CC1(c2ccc(OCCCCOc3ccc(C4(C)c5ccccc5-c5ccccc54)cc3)cc2)c2ccccc2-c2ccccc21.Oc1ccc2ccccc2c1. The van der Waals surface area contributed by atoms with Gasteiger partial charge in [0.05, 0.1) is 13.2 Å². The van der Waals surface area contributed by atoms with Crippen LogP contribution in [-0.4, -0.2) is 18.3 Å². The zero-order valence-corrected chi connectivity index (χ0v) is 34.5. The first kappa shape index (κ1) is 44.0. The van der Waals surface area contributed by atoms with E-state index in [2.05, 4.69) is 159 Å². The van der Waals surface area contributed by atoms with Gasteiger partial charge in [-0.15, -0.1) is 0 Å². The van der Waals surface area contributed by atoms with Crippen LogP contribution in [0.3, 0.4) is 0 Å². The van der Waals surface area contributed by atoms with Gasteiger partial charge in [0.2, 0.25) is 0 Å². The predicted molar refractivity (Wildman–Crippen MR) is 258 cm³/mol. The van der Waals surface area contributed by atoms with Crippen LogP contribution in [0.25, 0.3) is 33.0 Å². The molecule has 2 aliphatic rings. The van der Waals surface area contributed by atoms with Crippen LogP contribution < -0.4 is 9.47 Å². The van der Waals surface area contributed by atoms with Crippen LogP contribution in [0.4, 0.5) is 0 Å². The van der Waals surface area contributed by atoms with Crippen molar-refractivity contribution in [2.24, 2.45) is 0 Å². The van der Waals surface area contributed by atoms with Crippen LogP contribution in [0, 0.1) is 0 Å². The van der Waals surface area contributed by atoms with Crippen LogP contribution in [0.15, 0.2) is 188 Å². The molecule has 0 radical (unpaired) electrons. The van der Waals surface area contributed by atoms with Crippen molar-refractivity contribution in [3.63, 3.8) is 0 Å². The second-order valence-electron chi connectivity index (χ2n) is 15.4. The Kier molecular flexibility index (Phi) is 13.8. The Bertz CT molecular complexity index is 2430. The molecule has 0 spiro atoms. The molecular formula is C58H60O3. The molecule has 0 aliphatic heterocycles. The van der Waals surface area contributed by atoms with Crippen molar-refractivity contribution < 1.29 is 14.6 Å². The molecule has 310 valence electrons. The monoisotopic (exact) mass is 804 g/mol. The number of ether oxygens (including phenoxy) is 2. The topological polar surface area (TPSA) is 38.7 Å². The highest BCUT2D eigenvalue weighted by Crippen LogP contribution is 2.53. The smallest absolute Gasteiger partial charge is 0.119 e. The summed E-state index contributed by atoms with van der Waals surface area (Å²) < 4.78 is 12.3. The molecule has 8 aromatic carbocycles. The highest BCUT2D eigenvalue weighted by Gasteiger charge is 2.41. The summed E-state index contributed by atoms with van der Waals surface area (Å²) >= 11 is 0. The summed E-state index contributed by atoms with van der Waals surface area (Å²) in [6.45, 7) is 10.0. The lowest BCUT2D eigenvalue weighted by atomic mass is 9.74. The van der Waals surface area contributed by atoms with Gasteiger partial charge in [-0.1, -0.05) is 180 Å². The summed E-state index contributed by atoms with van der Waals surface area (Å²) in [6, 6.07) is 65.8. The van der Waals surface area contributed by atoms with Gasteiger partial charge in [0.15, 0.2) is 0 Å². The molecule has 61 heavy (non-hydrogen) atoms. The Morgan fingerprint density at radius 1 is 0.393 bits per heavy atom. The Hall–Kier alpha value is -6.58. The summed E-state index contributed by atoms with van der Waals surface area (Å²) in [5, 5.41) is 11.4. The number of unbranched alkanes of at least 4 members (excludes halogenated alkanes) is 1. The quantitative estimate of drug-likeness (QED) is 0.148. The number of aromatic hydroxyl groups is 1. The maximum absolute atomic E-state index is 9.13. The van der Waals surface area contributed by atoms with E-state index in [4.69, 9.17) is 14.6 Å². The molecule has 0 saturated carbocycles. The van der Waals surface area contributed by atoms with Crippen molar-refractivity contribution in [1.82, 2.24) is 0 Å². The zero-order chi connectivity index (χ0) is 40.8. The highest BCUT2D eigenvalue weighted by atomic mass is 16.5. The lowest BCUT2D eigenvalue weighted by molar-refractivity contribution is 0.266. The third kappa shape index (κ3) is 8.30. The van der Waals surface area contributed by atoms with Gasteiger partial charge in [-0.2, -0.15) is 0 Å². The minimum Gasteiger partial charge on any atom is -0.508 e. The minimum atomic E-state index is -0.176. The van der Waals surface area contributed by atoms with Crippen molar-refractivity contribution in [3.8, 4) is 39.5 Å². The molecule has 3 nitrogen and oxygen atoms in total. The maximum Gasteiger partial charge on any atom is 0.119 e. The summed E-state index contributed by atoms with van der Waals surface area (Å²) in [6.07, 6.45) is 1.87. The molecule has 0 amide bonds. The molecule has 0 heterocycles. The van der Waals surface area contributed by atoms with Gasteiger partial charge in [-0.25, -0.2) is 0 Å². The van der Waals surface area contributed by atoms with Crippen molar-refractivity contribution in [3.05, 3.63) is 221 Å². The maximum atomic E-state index is 9.13. The van der Waals surface area contributed by atoms with Crippen molar-refractivity contribution >= 4 is 10.8 Å². The molecule has 0 unspecified atom stereocenters. The van der Waals surface area contributed by atoms with Gasteiger partial charge in [0.25, 0.3) is 0 Å². The molecule has 8 aromatic rings. The summed E-state index contributed by atoms with van der Waals surface area (Å²) in [5.74, 6) is 2.14. The van der Waals surface area contributed by atoms with Crippen molar-refractivity contribution in [2.45, 2.75) is 66.2 Å². The Morgan fingerprint density at radius 3 is 1.10 bits per heavy atom. The molecule has 1 N–H and O–H groups in total. The van der Waals surface area contributed by atoms with Crippen LogP contribution >= 0.6 is 0 Å². The third-order valence-electron chi connectivity index (χ3n) is 12.1. The highest BCUT2D eigenvalue weighted by molar-refractivity contribution is 5.85. The Balaban J connectivity index is 0.000000357. The van der Waals surface area contributed by atoms with Crippen LogP contribution in [0.2, 0.25) is 0 Å². The molecule has 0 atom stereocenters. The normalized spacial score (nSPS) is 12.9. The van der Waals surface area contributed by atoms with Crippen LogP contribution in [0.5, 0.6) is 17.2 Å². The number of fused-ring (bicyclic) bond motifs is 7. The van der Waals surface area contributed by atoms with Gasteiger partial charge in [-0.05, 0) is 129 Å². The molecule has 10 rings (SSSR count). The Morgan fingerprint density at radius 2 is 0.721 bits per heavy atom. The van der Waals surface area contributed by atoms with E-state index in [-0.39, 0.29) is 25.7 Å². The zero-order valence-electron chi connectivity index (χ0n) is 34.5. The summed E-state index contributed by atoms with van der Waals surface area (Å²) in [5.41, 5.74) is 13.0. The fraction of sp³-hybridized carbons (Fsp3) is 0.207. The fourth-order valence-corrected chi connectivity index (χ4v) is 9.06. The van der Waals surface area contributed by atoms with Gasteiger partial charge in [-0.3, -0.25) is 0 Å². The molecular weight excluding hydrogens is 745 g/mol. The second kappa shape index (κ2) is 19.2. The lowest BCUT2D eigenvalue weighted by Gasteiger charge is -2.28. The van der Waals surface area contributed by atoms with Gasteiger partial charge >= 0.3 is 0 Å². The number of phenolic OH excluding ortho intramolecular Hbond substituents is 1. The molecule has 0 aromatic heterocycles. The molecule has 3 heteroatoms. The minimum absolute atomic E-state index is 0. The van der Waals surface area contributed by atoms with Gasteiger partial charge < -0.3 is 14.6 Å². The van der Waals surface area contributed by atoms with Crippen LogP contribution in [0.1, 0.15) is 88.8 Å². The lowest BCUT2D eigenvalue weighted by Crippen LogP contribution is -2.22. The molecule has 2 aliphatic carbocycles. The van der Waals surface area contributed by atoms with E-state index in [1.54, 1.807) is 12.1 Å². The van der Waals surface area contributed by atoms with Crippen LogP contribution in [-0.2, 0) is 10.8 Å². The largest absolute Gasteiger partial charge is 0.508 e. The summed E-state index contributed by atoms with van der Waals surface area (Å²) in [7, 11) is 0. The van der Waals surface area contributed by atoms with E-state index >= 15 is 0 Å². The average Bonchev–Trinajstić information content (AvgIpc) is 3.72. The predicted octanol–water partition coefficient (Wildman–Crippen LogP) is 15.4.